The maximum absolute atomic E-state index is 10.9. The maximum Gasteiger partial charge on any atom is 0.335 e. The molecule has 0 aliphatic carbocycles. The average molecular weight is 253 g/mol. The number of carboxylic acid groups (broad SMARTS) is 1. The highest BCUT2D eigenvalue weighted by molar-refractivity contribution is 7.98. The van der Waals surface area contributed by atoms with Crippen molar-refractivity contribution in [2.24, 2.45) is 0 Å². The molecule has 2 heterocycles. The SMILES string of the molecule is CC.CSc1cc(C(=O)O)cc2nnc(C)n12. The summed E-state index contributed by atoms with van der Waals surface area (Å²) in [5.41, 5.74) is 0.802. The van der Waals surface area contributed by atoms with Crippen molar-refractivity contribution in [2.45, 2.75) is 25.8 Å². The average Bonchev–Trinajstić information content (AvgIpc) is 2.72. The van der Waals surface area contributed by atoms with E-state index in [1.165, 1.54) is 17.8 Å². The first-order valence-electron chi connectivity index (χ1n) is 5.26. The molecule has 0 radical (unpaired) electrons. The van der Waals surface area contributed by atoms with E-state index in [2.05, 4.69) is 10.2 Å². The van der Waals surface area contributed by atoms with E-state index in [0.717, 1.165) is 10.9 Å². The van der Waals surface area contributed by atoms with Crippen molar-refractivity contribution in [1.82, 2.24) is 14.6 Å². The minimum Gasteiger partial charge on any atom is -0.478 e. The van der Waals surface area contributed by atoms with Gasteiger partial charge in [-0.15, -0.1) is 22.0 Å². The Morgan fingerprint density at radius 1 is 1.35 bits per heavy atom. The fourth-order valence-electron chi connectivity index (χ4n) is 1.40. The zero-order chi connectivity index (χ0) is 13.0. The highest BCUT2D eigenvalue weighted by atomic mass is 32.2. The van der Waals surface area contributed by atoms with Crippen molar-refractivity contribution >= 4 is 23.4 Å². The Hall–Kier alpha value is -1.56. The largest absolute Gasteiger partial charge is 0.478 e. The van der Waals surface area contributed by atoms with Crippen molar-refractivity contribution in [3.05, 3.63) is 23.5 Å². The van der Waals surface area contributed by atoms with Gasteiger partial charge in [-0.3, -0.25) is 4.40 Å². The molecule has 5 nitrogen and oxygen atoms in total. The van der Waals surface area contributed by atoms with Gasteiger partial charge in [0.1, 0.15) is 5.82 Å². The summed E-state index contributed by atoms with van der Waals surface area (Å²) >= 11 is 1.47. The van der Waals surface area contributed by atoms with E-state index >= 15 is 0 Å². The van der Waals surface area contributed by atoms with Crippen LogP contribution in [0.2, 0.25) is 0 Å². The van der Waals surface area contributed by atoms with Crippen LogP contribution in [0.25, 0.3) is 5.65 Å². The van der Waals surface area contributed by atoms with Gasteiger partial charge in [0.15, 0.2) is 5.65 Å². The third-order valence-corrected chi connectivity index (χ3v) is 2.81. The Kier molecular flexibility index (Phi) is 4.51. The quantitative estimate of drug-likeness (QED) is 0.833. The molecule has 0 amide bonds. The van der Waals surface area contributed by atoms with E-state index in [9.17, 15) is 4.79 Å². The second-order valence-corrected chi connectivity index (χ2v) is 3.86. The van der Waals surface area contributed by atoms with Gasteiger partial charge in [0.05, 0.1) is 10.6 Å². The van der Waals surface area contributed by atoms with E-state index in [1.54, 1.807) is 6.07 Å². The van der Waals surface area contributed by atoms with Gasteiger partial charge in [0.2, 0.25) is 0 Å². The number of carboxylic acids is 1. The van der Waals surface area contributed by atoms with Crippen LogP contribution in [-0.2, 0) is 0 Å². The Morgan fingerprint density at radius 3 is 2.53 bits per heavy atom. The summed E-state index contributed by atoms with van der Waals surface area (Å²) in [4.78, 5) is 10.9. The van der Waals surface area contributed by atoms with E-state index < -0.39 is 5.97 Å². The van der Waals surface area contributed by atoms with E-state index in [-0.39, 0.29) is 5.56 Å². The number of carbonyl (C=O) groups is 1. The lowest BCUT2D eigenvalue weighted by Crippen LogP contribution is -2.00. The number of hydrogen-bond donors (Lipinski definition) is 1. The Balaban J connectivity index is 0.000000686. The lowest BCUT2D eigenvalue weighted by Gasteiger charge is -2.04. The number of fused-ring (bicyclic) bond motifs is 1. The van der Waals surface area contributed by atoms with Gasteiger partial charge in [0, 0.05) is 0 Å². The minimum absolute atomic E-state index is 0.235. The lowest BCUT2D eigenvalue weighted by molar-refractivity contribution is 0.0696. The fourth-order valence-corrected chi connectivity index (χ4v) is 2.05. The van der Waals surface area contributed by atoms with Crippen LogP contribution in [-0.4, -0.2) is 31.9 Å². The van der Waals surface area contributed by atoms with Crippen molar-refractivity contribution in [3.63, 3.8) is 0 Å². The smallest absolute Gasteiger partial charge is 0.335 e. The fraction of sp³-hybridized carbons (Fsp3) is 0.364. The normalized spacial score (nSPS) is 9.88. The topological polar surface area (TPSA) is 67.5 Å². The number of thioether (sulfide) groups is 1. The van der Waals surface area contributed by atoms with E-state index in [4.69, 9.17) is 5.11 Å². The molecule has 0 atom stereocenters. The summed E-state index contributed by atoms with van der Waals surface area (Å²) in [6.45, 7) is 5.83. The molecule has 0 saturated carbocycles. The zero-order valence-electron chi connectivity index (χ0n) is 10.3. The summed E-state index contributed by atoms with van der Waals surface area (Å²) in [6.07, 6.45) is 1.89. The molecule has 2 aromatic heterocycles. The van der Waals surface area contributed by atoms with Crippen molar-refractivity contribution < 1.29 is 9.90 Å². The van der Waals surface area contributed by atoms with Gasteiger partial charge < -0.3 is 5.11 Å². The number of aryl methyl sites for hydroxylation is 1. The third-order valence-electron chi connectivity index (χ3n) is 2.09. The first-order valence-corrected chi connectivity index (χ1v) is 6.49. The molecule has 6 heteroatoms. The predicted molar refractivity (Wildman–Crippen MR) is 67.8 cm³/mol. The Labute approximate surface area is 104 Å². The van der Waals surface area contributed by atoms with Gasteiger partial charge in [-0.2, -0.15) is 0 Å². The Morgan fingerprint density at radius 2 is 2.00 bits per heavy atom. The first kappa shape index (κ1) is 13.5. The molecule has 92 valence electrons. The van der Waals surface area contributed by atoms with E-state index in [0.29, 0.717) is 5.65 Å². The number of pyridine rings is 1. The molecule has 0 fully saturated rings. The van der Waals surface area contributed by atoms with Crippen molar-refractivity contribution in [3.8, 4) is 0 Å². The zero-order valence-corrected chi connectivity index (χ0v) is 11.1. The molecule has 1 N–H and O–H groups in total. The van der Waals surface area contributed by atoms with Crippen molar-refractivity contribution in [2.75, 3.05) is 6.26 Å². The number of aromatic carboxylic acids is 1. The number of hydrogen-bond acceptors (Lipinski definition) is 4. The number of nitrogens with zero attached hydrogens (tertiary/aromatic N) is 3. The minimum atomic E-state index is -0.951. The van der Waals surface area contributed by atoms with Crippen LogP contribution in [0, 0.1) is 6.92 Å². The highest BCUT2D eigenvalue weighted by Crippen LogP contribution is 2.20. The molecule has 0 unspecified atom stereocenters. The second-order valence-electron chi connectivity index (χ2n) is 3.03. The summed E-state index contributed by atoms with van der Waals surface area (Å²) < 4.78 is 1.83. The predicted octanol–water partition coefficient (Wildman–Crippen LogP) is 2.48. The maximum atomic E-state index is 10.9. The second kappa shape index (κ2) is 5.67. The molecule has 0 saturated heterocycles. The number of aromatic nitrogens is 3. The van der Waals surface area contributed by atoms with Crippen LogP contribution in [0.15, 0.2) is 17.2 Å². The first-order chi connectivity index (χ1) is 8.13. The molecule has 0 bridgehead atoms. The summed E-state index contributed by atoms with van der Waals surface area (Å²) in [6, 6.07) is 3.14. The molecule has 0 aliphatic heterocycles. The molecule has 0 spiro atoms. The van der Waals surface area contributed by atoms with E-state index in [1.807, 2.05) is 31.4 Å². The van der Waals surface area contributed by atoms with Gasteiger partial charge >= 0.3 is 5.97 Å². The highest BCUT2D eigenvalue weighted by Gasteiger charge is 2.11. The molecular formula is C11H15N3O2S. The molecule has 17 heavy (non-hydrogen) atoms. The van der Waals surface area contributed by atoms with Gasteiger partial charge in [-0.1, -0.05) is 13.8 Å². The van der Waals surface area contributed by atoms with Gasteiger partial charge in [0.25, 0.3) is 0 Å². The van der Waals surface area contributed by atoms with Gasteiger partial charge in [-0.05, 0) is 25.3 Å². The summed E-state index contributed by atoms with van der Waals surface area (Å²) in [5, 5.41) is 17.5. The molecule has 0 aliphatic rings. The van der Waals surface area contributed by atoms with Crippen LogP contribution in [0.3, 0.4) is 0 Å². The summed E-state index contributed by atoms with van der Waals surface area (Å²) in [5.74, 6) is -0.195. The molecule has 2 aromatic rings. The Bertz CT molecular complexity index is 537. The van der Waals surface area contributed by atoms with Crippen molar-refractivity contribution in [1.29, 1.82) is 0 Å². The van der Waals surface area contributed by atoms with Crippen LogP contribution in [0.1, 0.15) is 30.0 Å². The standard InChI is InChI=1S/C9H9N3O2S.C2H6/c1-5-10-11-7-3-6(9(13)14)4-8(15-2)12(5)7;1-2/h3-4H,1-2H3,(H,13,14);1-2H3. The summed E-state index contributed by atoms with van der Waals surface area (Å²) in [7, 11) is 0. The lowest BCUT2D eigenvalue weighted by atomic mass is 10.3. The molecule has 0 aromatic carbocycles. The van der Waals surface area contributed by atoms with Crippen LogP contribution in [0.4, 0.5) is 0 Å². The third kappa shape index (κ3) is 2.58. The monoisotopic (exact) mass is 253 g/mol. The molecular weight excluding hydrogens is 238 g/mol. The number of rotatable bonds is 2. The molecule has 2 rings (SSSR count). The van der Waals surface area contributed by atoms with Crippen LogP contribution in [0.5, 0.6) is 0 Å². The van der Waals surface area contributed by atoms with Crippen LogP contribution < -0.4 is 0 Å². The van der Waals surface area contributed by atoms with Gasteiger partial charge in [-0.25, -0.2) is 4.79 Å². The van der Waals surface area contributed by atoms with Crippen LogP contribution >= 0.6 is 11.8 Å².